The molecule has 0 fully saturated rings. The van der Waals surface area contributed by atoms with Crippen LogP contribution < -0.4 is 15.4 Å². The van der Waals surface area contributed by atoms with Gasteiger partial charge in [0.05, 0.1) is 0 Å². The second kappa shape index (κ2) is 6.44. The number of nitrogens with two attached hydrogens (primary N) is 1. The third-order valence-electron chi connectivity index (χ3n) is 3.32. The first-order chi connectivity index (χ1) is 9.61. The number of nitrogens with zero attached hydrogens (tertiary/aromatic N) is 1. The van der Waals surface area contributed by atoms with Crippen LogP contribution in [0.4, 0.5) is 5.69 Å². The van der Waals surface area contributed by atoms with Crippen molar-refractivity contribution in [2.75, 3.05) is 19.0 Å². The average Bonchev–Trinajstić information content (AvgIpc) is 2.47. The third-order valence-corrected chi connectivity index (χ3v) is 3.32. The zero-order chi connectivity index (χ0) is 14.5. The molecule has 0 aliphatic rings. The van der Waals surface area contributed by atoms with Gasteiger partial charge in [-0.05, 0) is 24.6 Å². The summed E-state index contributed by atoms with van der Waals surface area (Å²) < 4.78 is 6.02. The zero-order valence-corrected chi connectivity index (χ0v) is 12.3. The normalized spacial score (nSPS) is 12.0. The molecule has 2 aromatic rings. The summed E-state index contributed by atoms with van der Waals surface area (Å²) in [6, 6.07) is 16.0. The Hall–Kier alpha value is -2.00. The Balaban J connectivity index is 2.28. The molecule has 0 bridgehead atoms. The standard InChI is InChI=1S/C17H22N2O/c1-4-16(18)15-10-5-6-11-17(15)20-14-9-7-8-13(12-14)19(2)3/h5-12,16H,4,18H2,1-3H3. The molecule has 0 aromatic heterocycles. The Morgan fingerprint density at radius 1 is 1.10 bits per heavy atom. The molecule has 0 saturated heterocycles. The van der Waals surface area contributed by atoms with Crippen LogP contribution >= 0.6 is 0 Å². The lowest BCUT2D eigenvalue weighted by atomic mass is 10.0. The molecule has 2 aromatic carbocycles. The molecule has 0 spiro atoms. The summed E-state index contributed by atoms with van der Waals surface area (Å²) in [4.78, 5) is 2.05. The van der Waals surface area contributed by atoms with Crippen LogP contribution in [-0.2, 0) is 0 Å². The maximum atomic E-state index is 6.14. The fourth-order valence-electron chi connectivity index (χ4n) is 2.05. The van der Waals surface area contributed by atoms with Gasteiger partial charge in [-0.2, -0.15) is 0 Å². The molecular weight excluding hydrogens is 248 g/mol. The van der Waals surface area contributed by atoms with E-state index in [2.05, 4.69) is 17.9 Å². The summed E-state index contributed by atoms with van der Waals surface area (Å²) in [7, 11) is 4.03. The largest absolute Gasteiger partial charge is 0.457 e. The van der Waals surface area contributed by atoms with Gasteiger partial charge in [0.1, 0.15) is 11.5 Å². The van der Waals surface area contributed by atoms with E-state index in [0.717, 1.165) is 29.2 Å². The summed E-state index contributed by atoms with van der Waals surface area (Å²) in [5.41, 5.74) is 8.30. The van der Waals surface area contributed by atoms with Gasteiger partial charge in [-0.3, -0.25) is 0 Å². The second-order valence-corrected chi connectivity index (χ2v) is 5.05. The van der Waals surface area contributed by atoms with Crippen LogP contribution in [0.1, 0.15) is 24.9 Å². The van der Waals surface area contributed by atoms with Crippen LogP contribution in [0, 0.1) is 0 Å². The first kappa shape index (κ1) is 14.4. The summed E-state index contributed by atoms with van der Waals surface area (Å²) in [5.74, 6) is 1.66. The molecule has 3 nitrogen and oxygen atoms in total. The lowest BCUT2D eigenvalue weighted by Crippen LogP contribution is -2.10. The van der Waals surface area contributed by atoms with Crippen molar-refractivity contribution in [2.24, 2.45) is 5.73 Å². The van der Waals surface area contributed by atoms with Crippen molar-refractivity contribution in [1.82, 2.24) is 0 Å². The fourth-order valence-corrected chi connectivity index (χ4v) is 2.05. The molecule has 0 amide bonds. The summed E-state index contributed by atoms with van der Waals surface area (Å²) >= 11 is 0. The van der Waals surface area contributed by atoms with Crippen molar-refractivity contribution >= 4 is 5.69 Å². The number of hydrogen-bond donors (Lipinski definition) is 1. The predicted octanol–water partition coefficient (Wildman–Crippen LogP) is 3.95. The summed E-state index contributed by atoms with van der Waals surface area (Å²) in [6.07, 6.45) is 0.887. The summed E-state index contributed by atoms with van der Waals surface area (Å²) in [5, 5.41) is 0. The number of benzene rings is 2. The van der Waals surface area contributed by atoms with Crippen molar-refractivity contribution < 1.29 is 4.74 Å². The van der Waals surface area contributed by atoms with Crippen molar-refractivity contribution in [2.45, 2.75) is 19.4 Å². The first-order valence-corrected chi connectivity index (χ1v) is 6.91. The highest BCUT2D eigenvalue weighted by Crippen LogP contribution is 2.31. The van der Waals surface area contributed by atoms with Gasteiger partial charge in [0.15, 0.2) is 0 Å². The minimum Gasteiger partial charge on any atom is -0.457 e. The van der Waals surface area contributed by atoms with Crippen LogP contribution in [0.15, 0.2) is 48.5 Å². The Labute approximate surface area is 121 Å². The highest BCUT2D eigenvalue weighted by molar-refractivity contribution is 5.51. The van der Waals surface area contributed by atoms with Gasteiger partial charge in [0.25, 0.3) is 0 Å². The topological polar surface area (TPSA) is 38.5 Å². The molecule has 20 heavy (non-hydrogen) atoms. The van der Waals surface area contributed by atoms with Crippen molar-refractivity contribution in [3.05, 3.63) is 54.1 Å². The Morgan fingerprint density at radius 2 is 1.85 bits per heavy atom. The maximum absolute atomic E-state index is 6.14. The minimum atomic E-state index is 0.00299. The van der Waals surface area contributed by atoms with Crippen molar-refractivity contribution in [3.8, 4) is 11.5 Å². The first-order valence-electron chi connectivity index (χ1n) is 6.91. The van der Waals surface area contributed by atoms with Gasteiger partial charge in [0.2, 0.25) is 0 Å². The van der Waals surface area contributed by atoms with E-state index in [-0.39, 0.29) is 6.04 Å². The highest BCUT2D eigenvalue weighted by Gasteiger charge is 2.10. The number of anilines is 1. The second-order valence-electron chi connectivity index (χ2n) is 5.05. The van der Waals surface area contributed by atoms with E-state index >= 15 is 0 Å². The smallest absolute Gasteiger partial charge is 0.132 e. The van der Waals surface area contributed by atoms with Gasteiger partial charge in [-0.1, -0.05) is 31.2 Å². The van der Waals surface area contributed by atoms with Gasteiger partial charge in [0, 0.05) is 37.5 Å². The molecule has 106 valence electrons. The number of rotatable bonds is 5. The predicted molar refractivity (Wildman–Crippen MR) is 84.5 cm³/mol. The molecule has 0 radical (unpaired) electrons. The molecule has 0 heterocycles. The summed E-state index contributed by atoms with van der Waals surface area (Å²) in [6.45, 7) is 2.08. The van der Waals surface area contributed by atoms with Crippen molar-refractivity contribution in [3.63, 3.8) is 0 Å². The Kier molecular flexibility index (Phi) is 4.64. The molecule has 2 N–H and O–H groups in total. The van der Waals surface area contributed by atoms with Gasteiger partial charge >= 0.3 is 0 Å². The molecular formula is C17H22N2O. The molecule has 1 unspecified atom stereocenters. The van der Waals surface area contributed by atoms with Crippen LogP contribution in [0.25, 0.3) is 0 Å². The van der Waals surface area contributed by atoms with Crippen LogP contribution in [0.5, 0.6) is 11.5 Å². The quantitative estimate of drug-likeness (QED) is 0.894. The third kappa shape index (κ3) is 3.31. The zero-order valence-electron chi connectivity index (χ0n) is 12.3. The highest BCUT2D eigenvalue weighted by atomic mass is 16.5. The molecule has 1 atom stereocenters. The van der Waals surface area contributed by atoms with E-state index in [1.165, 1.54) is 0 Å². The van der Waals surface area contributed by atoms with Gasteiger partial charge in [-0.25, -0.2) is 0 Å². The number of para-hydroxylation sites is 1. The SMILES string of the molecule is CCC(N)c1ccccc1Oc1cccc(N(C)C)c1. The number of ether oxygens (including phenoxy) is 1. The van der Waals surface area contributed by atoms with E-state index in [1.54, 1.807) is 0 Å². The molecule has 0 saturated carbocycles. The maximum Gasteiger partial charge on any atom is 0.132 e. The molecule has 0 aliphatic carbocycles. The van der Waals surface area contributed by atoms with Crippen molar-refractivity contribution in [1.29, 1.82) is 0 Å². The van der Waals surface area contributed by atoms with E-state index in [9.17, 15) is 0 Å². The van der Waals surface area contributed by atoms with E-state index in [1.807, 2.05) is 56.6 Å². The van der Waals surface area contributed by atoms with Crippen LogP contribution in [-0.4, -0.2) is 14.1 Å². The molecule has 0 aliphatic heterocycles. The average molecular weight is 270 g/mol. The fraction of sp³-hybridized carbons (Fsp3) is 0.294. The Morgan fingerprint density at radius 3 is 2.55 bits per heavy atom. The van der Waals surface area contributed by atoms with E-state index in [0.29, 0.717) is 0 Å². The van der Waals surface area contributed by atoms with Crippen LogP contribution in [0.3, 0.4) is 0 Å². The van der Waals surface area contributed by atoms with E-state index in [4.69, 9.17) is 10.5 Å². The lowest BCUT2D eigenvalue weighted by Gasteiger charge is -2.17. The lowest BCUT2D eigenvalue weighted by molar-refractivity contribution is 0.469. The minimum absolute atomic E-state index is 0.00299. The van der Waals surface area contributed by atoms with Gasteiger partial charge < -0.3 is 15.4 Å². The van der Waals surface area contributed by atoms with E-state index < -0.39 is 0 Å². The Bertz CT molecular complexity index is 566. The monoisotopic (exact) mass is 270 g/mol. The number of hydrogen-bond acceptors (Lipinski definition) is 3. The molecule has 3 heteroatoms. The molecule has 2 rings (SSSR count). The van der Waals surface area contributed by atoms with Gasteiger partial charge in [-0.15, -0.1) is 0 Å². The van der Waals surface area contributed by atoms with Crippen LogP contribution in [0.2, 0.25) is 0 Å².